The first kappa shape index (κ1) is 21.2. The Hall–Kier alpha value is -2.49. The molecular weight excluding hydrogens is 390 g/mol. The molecule has 1 fully saturated rings. The molecule has 2 heterocycles. The molecule has 1 aromatic heterocycles. The van der Waals surface area contributed by atoms with Crippen LogP contribution in [0.2, 0.25) is 0 Å². The molecule has 156 valence electrons. The Morgan fingerprint density at radius 3 is 2.52 bits per heavy atom. The Bertz CT molecular complexity index is 942. The summed E-state index contributed by atoms with van der Waals surface area (Å²) in [4.78, 5) is 19.7. The normalized spacial score (nSPS) is 16.6. The number of sulfonamides is 1. The second-order valence-electron chi connectivity index (χ2n) is 7.42. The number of piperazine rings is 1. The van der Waals surface area contributed by atoms with Crippen LogP contribution in [0.4, 0.5) is 11.5 Å². The third-order valence-corrected chi connectivity index (χ3v) is 7.14. The molecule has 1 aliphatic rings. The second-order valence-corrected chi connectivity index (χ2v) is 9.57. The van der Waals surface area contributed by atoms with Crippen molar-refractivity contribution in [3.63, 3.8) is 0 Å². The van der Waals surface area contributed by atoms with Gasteiger partial charge in [-0.25, -0.2) is 17.7 Å². The molecule has 1 amide bonds. The van der Waals surface area contributed by atoms with E-state index in [2.05, 4.69) is 21.3 Å². The van der Waals surface area contributed by atoms with E-state index in [4.69, 9.17) is 0 Å². The van der Waals surface area contributed by atoms with Gasteiger partial charge in [-0.2, -0.15) is 0 Å². The first-order valence-electron chi connectivity index (χ1n) is 9.69. The molecule has 1 saturated heterocycles. The van der Waals surface area contributed by atoms with Gasteiger partial charge in [-0.15, -0.1) is 0 Å². The number of amides is 1. The van der Waals surface area contributed by atoms with E-state index >= 15 is 0 Å². The lowest BCUT2D eigenvalue weighted by Gasteiger charge is -2.31. The molecule has 1 aliphatic heterocycles. The lowest BCUT2D eigenvalue weighted by Crippen LogP contribution is -3.19. The van der Waals surface area contributed by atoms with Gasteiger partial charge in [0.05, 0.1) is 11.1 Å². The standard InChI is InChI=1S/C20H27N5O3S/c1-16(24-11-13-25(14-12-24)19-9-4-5-10-21-19)20(26)22-17-7-6-8-18(15-17)29(27,28)23(2)3/h4-10,15-16H,11-14H2,1-3H3,(H,22,26)/p+2/t16-/m1/s1. The lowest BCUT2D eigenvalue weighted by molar-refractivity contribution is -0.914. The zero-order chi connectivity index (χ0) is 21.0. The van der Waals surface area contributed by atoms with Gasteiger partial charge < -0.3 is 10.2 Å². The average molecular weight is 420 g/mol. The molecule has 0 unspecified atom stereocenters. The summed E-state index contributed by atoms with van der Waals surface area (Å²) in [6.45, 7) is 5.35. The molecule has 3 rings (SSSR count). The zero-order valence-corrected chi connectivity index (χ0v) is 17.9. The number of benzene rings is 1. The zero-order valence-electron chi connectivity index (χ0n) is 17.1. The smallest absolute Gasteiger partial charge is 0.282 e. The third kappa shape index (κ3) is 4.92. The first-order valence-corrected chi connectivity index (χ1v) is 11.1. The molecule has 3 N–H and O–H groups in total. The van der Waals surface area contributed by atoms with Crippen LogP contribution >= 0.6 is 0 Å². The maximum atomic E-state index is 12.7. The van der Waals surface area contributed by atoms with Crippen molar-refractivity contribution in [2.75, 3.05) is 50.5 Å². The van der Waals surface area contributed by atoms with Crippen molar-refractivity contribution in [1.82, 2.24) is 4.31 Å². The number of quaternary nitrogens is 1. The van der Waals surface area contributed by atoms with Crippen LogP contribution in [0.1, 0.15) is 6.92 Å². The Morgan fingerprint density at radius 1 is 1.17 bits per heavy atom. The van der Waals surface area contributed by atoms with E-state index in [0.717, 1.165) is 36.3 Å². The highest BCUT2D eigenvalue weighted by atomic mass is 32.2. The molecule has 8 nitrogen and oxygen atoms in total. The van der Waals surface area contributed by atoms with E-state index in [0.29, 0.717) is 5.69 Å². The summed E-state index contributed by atoms with van der Waals surface area (Å²) in [7, 11) is -0.570. The van der Waals surface area contributed by atoms with Crippen LogP contribution in [0.3, 0.4) is 0 Å². The monoisotopic (exact) mass is 419 g/mol. The Kier molecular flexibility index (Phi) is 6.51. The number of anilines is 2. The predicted octanol–water partition coefficient (Wildman–Crippen LogP) is -0.517. The van der Waals surface area contributed by atoms with E-state index in [1.165, 1.54) is 31.1 Å². The highest BCUT2D eigenvalue weighted by Gasteiger charge is 2.32. The van der Waals surface area contributed by atoms with E-state index < -0.39 is 10.0 Å². The number of carbonyl (C=O) groups excluding carboxylic acids is 1. The minimum Gasteiger partial charge on any atom is -0.321 e. The molecule has 0 spiro atoms. The summed E-state index contributed by atoms with van der Waals surface area (Å²) < 4.78 is 25.8. The molecular formula is C20H29N5O3S+2. The molecule has 29 heavy (non-hydrogen) atoms. The summed E-state index contributed by atoms with van der Waals surface area (Å²) in [5.74, 6) is 0.974. The average Bonchev–Trinajstić information content (AvgIpc) is 2.74. The number of aromatic amines is 1. The summed E-state index contributed by atoms with van der Waals surface area (Å²) >= 11 is 0. The maximum Gasteiger partial charge on any atom is 0.282 e. The van der Waals surface area contributed by atoms with Crippen LogP contribution in [0.25, 0.3) is 0 Å². The van der Waals surface area contributed by atoms with Crippen molar-refractivity contribution in [3.8, 4) is 0 Å². The van der Waals surface area contributed by atoms with Crippen molar-refractivity contribution < 1.29 is 23.1 Å². The number of H-pyrrole nitrogens is 1. The van der Waals surface area contributed by atoms with Crippen LogP contribution in [0.15, 0.2) is 53.6 Å². The number of pyridine rings is 1. The van der Waals surface area contributed by atoms with E-state index in [1.807, 2.05) is 25.3 Å². The number of hydrogen-bond acceptors (Lipinski definition) is 4. The van der Waals surface area contributed by atoms with Crippen molar-refractivity contribution in [2.24, 2.45) is 0 Å². The van der Waals surface area contributed by atoms with Crippen LogP contribution in [-0.4, -0.2) is 64.9 Å². The van der Waals surface area contributed by atoms with Crippen LogP contribution in [0.5, 0.6) is 0 Å². The summed E-state index contributed by atoms with van der Waals surface area (Å²) in [6, 6.07) is 12.2. The molecule has 0 aliphatic carbocycles. The number of carbonyl (C=O) groups is 1. The van der Waals surface area contributed by atoms with Crippen molar-refractivity contribution >= 4 is 27.4 Å². The predicted molar refractivity (Wildman–Crippen MR) is 111 cm³/mol. The Morgan fingerprint density at radius 2 is 1.90 bits per heavy atom. The molecule has 0 radical (unpaired) electrons. The van der Waals surface area contributed by atoms with E-state index in [-0.39, 0.29) is 16.8 Å². The highest BCUT2D eigenvalue weighted by Crippen LogP contribution is 2.18. The van der Waals surface area contributed by atoms with Crippen molar-refractivity contribution in [3.05, 3.63) is 48.7 Å². The van der Waals surface area contributed by atoms with E-state index in [9.17, 15) is 13.2 Å². The topological polar surface area (TPSA) is 88.3 Å². The summed E-state index contributed by atoms with van der Waals surface area (Å²) in [5, 5.41) is 2.87. The van der Waals surface area contributed by atoms with Gasteiger partial charge >= 0.3 is 0 Å². The number of hydrogen-bond donors (Lipinski definition) is 2. The second kappa shape index (κ2) is 8.89. The molecule has 1 aromatic carbocycles. The van der Waals surface area contributed by atoms with Gasteiger partial charge in [-0.3, -0.25) is 9.69 Å². The van der Waals surface area contributed by atoms with E-state index in [1.54, 1.807) is 12.1 Å². The molecule has 2 aromatic rings. The fourth-order valence-corrected chi connectivity index (χ4v) is 4.38. The quantitative estimate of drug-likeness (QED) is 0.660. The number of nitrogens with one attached hydrogen (secondary N) is 3. The minimum atomic E-state index is -3.54. The van der Waals surface area contributed by atoms with Crippen molar-refractivity contribution in [2.45, 2.75) is 17.9 Å². The van der Waals surface area contributed by atoms with Gasteiger partial charge in [0.25, 0.3) is 11.7 Å². The highest BCUT2D eigenvalue weighted by molar-refractivity contribution is 7.89. The van der Waals surface area contributed by atoms with Crippen molar-refractivity contribution in [1.29, 1.82) is 0 Å². The van der Waals surface area contributed by atoms with Gasteiger partial charge in [0, 0.05) is 25.8 Å². The molecule has 0 saturated carbocycles. The lowest BCUT2D eigenvalue weighted by atomic mass is 10.2. The van der Waals surface area contributed by atoms with Crippen LogP contribution < -0.4 is 20.1 Å². The van der Waals surface area contributed by atoms with Crippen LogP contribution in [-0.2, 0) is 14.8 Å². The largest absolute Gasteiger partial charge is 0.321 e. The van der Waals surface area contributed by atoms with Gasteiger partial charge in [-0.05, 0) is 31.2 Å². The minimum absolute atomic E-state index is 0.112. The Labute approximate surface area is 172 Å². The third-order valence-electron chi connectivity index (χ3n) is 5.32. The SMILES string of the molecule is C[C@H](C(=O)Nc1cccc(S(=O)(=O)N(C)C)c1)[NH+]1CCN(c2cccc[nH+]2)CC1. The Balaban J connectivity index is 1.60. The van der Waals surface area contributed by atoms with Crippen LogP contribution in [0, 0.1) is 0 Å². The fraction of sp³-hybridized carbons (Fsp3) is 0.400. The first-order chi connectivity index (χ1) is 13.8. The number of rotatable bonds is 6. The maximum absolute atomic E-state index is 12.7. The molecule has 0 bridgehead atoms. The summed E-state index contributed by atoms with van der Waals surface area (Å²) in [5.41, 5.74) is 0.488. The molecule has 1 atom stereocenters. The van der Waals surface area contributed by atoms with Gasteiger partial charge in [0.15, 0.2) is 6.04 Å². The summed E-state index contributed by atoms with van der Waals surface area (Å²) in [6.07, 6.45) is 1.91. The molecule has 9 heteroatoms. The van der Waals surface area contributed by atoms with Gasteiger partial charge in [0.2, 0.25) is 10.0 Å². The van der Waals surface area contributed by atoms with Gasteiger partial charge in [-0.1, -0.05) is 12.1 Å². The number of nitrogens with zero attached hydrogens (tertiary/aromatic N) is 2. The number of aromatic nitrogens is 1. The van der Waals surface area contributed by atoms with Gasteiger partial charge in [0.1, 0.15) is 26.2 Å². The fourth-order valence-electron chi connectivity index (χ4n) is 3.43.